The minimum Gasteiger partial charge on any atom is -0.379 e. The van der Waals surface area contributed by atoms with Crippen LogP contribution in [0.5, 0.6) is 0 Å². The van der Waals surface area contributed by atoms with E-state index in [4.69, 9.17) is 39.2 Å². The number of thioether (sulfide) groups is 1. The predicted octanol–water partition coefficient (Wildman–Crippen LogP) is 8.02. The molecule has 0 aromatic heterocycles. The van der Waals surface area contributed by atoms with E-state index in [9.17, 15) is 9.36 Å². The first-order chi connectivity index (χ1) is 25.2. The maximum Gasteiger partial charge on any atom is 0.327 e. The van der Waals surface area contributed by atoms with E-state index < -0.39 is 13.6 Å². The van der Waals surface area contributed by atoms with Gasteiger partial charge in [-0.25, -0.2) is 0 Å². The largest absolute Gasteiger partial charge is 0.379 e. The van der Waals surface area contributed by atoms with E-state index in [2.05, 4.69) is 19.2 Å². The Labute approximate surface area is 322 Å². The van der Waals surface area contributed by atoms with Crippen molar-refractivity contribution in [1.29, 1.82) is 0 Å². The molecule has 2 unspecified atom stereocenters. The zero-order chi connectivity index (χ0) is 38.4. The second-order valence-electron chi connectivity index (χ2n) is 14.2. The van der Waals surface area contributed by atoms with Crippen molar-refractivity contribution in [3.05, 3.63) is 0 Å². The molecule has 1 amide bonds. The summed E-state index contributed by atoms with van der Waals surface area (Å²) in [6.07, 6.45) is 25.7. The number of ether oxygens (including phenoxy) is 5. The van der Waals surface area contributed by atoms with E-state index in [0.717, 1.165) is 31.8 Å². The Bertz CT molecular complexity index is 812. The summed E-state index contributed by atoms with van der Waals surface area (Å²) in [5, 5.41) is 2.93. The summed E-state index contributed by atoms with van der Waals surface area (Å²) in [6.45, 7) is 10.1. The van der Waals surface area contributed by atoms with Gasteiger partial charge >= 0.3 is 7.60 Å². The number of unbranched alkanes of at least 4 members (excludes halogenated alkanes) is 18. The van der Waals surface area contributed by atoms with Crippen LogP contribution in [0.3, 0.4) is 0 Å². The van der Waals surface area contributed by atoms with Gasteiger partial charge in [-0.2, -0.15) is 11.8 Å². The summed E-state index contributed by atoms with van der Waals surface area (Å²) in [4.78, 5) is 30.3. The minimum absolute atomic E-state index is 0.0102. The van der Waals surface area contributed by atoms with Crippen molar-refractivity contribution < 1.29 is 42.8 Å². The van der Waals surface area contributed by atoms with Crippen molar-refractivity contribution >= 4 is 25.3 Å². The van der Waals surface area contributed by atoms with Gasteiger partial charge in [0.2, 0.25) is 5.91 Å². The average Bonchev–Trinajstić information content (AvgIpc) is 3.10. The number of amides is 1. The van der Waals surface area contributed by atoms with Gasteiger partial charge < -0.3 is 44.5 Å². The maximum absolute atomic E-state index is 12.7. The lowest BCUT2D eigenvalue weighted by molar-refractivity contribution is -0.122. The summed E-state index contributed by atoms with van der Waals surface area (Å²) < 4.78 is 39.2. The second kappa shape index (κ2) is 39.0. The third kappa shape index (κ3) is 39.4. The molecule has 13 heteroatoms. The summed E-state index contributed by atoms with van der Waals surface area (Å²) >= 11 is 1.64. The fraction of sp³-hybridized carbons (Fsp3) is 0.974. The molecule has 0 rings (SSSR count). The van der Waals surface area contributed by atoms with Crippen LogP contribution in [-0.4, -0.2) is 111 Å². The first kappa shape index (κ1) is 51.7. The fourth-order valence-electron chi connectivity index (χ4n) is 5.57. The third-order valence-corrected chi connectivity index (χ3v) is 10.7. The lowest BCUT2D eigenvalue weighted by Gasteiger charge is -2.20. The van der Waals surface area contributed by atoms with Gasteiger partial charge in [-0.05, 0) is 19.8 Å². The molecule has 0 saturated heterocycles. The van der Waals surface area contributed by atoms with Gasteiger partial charge in [0.25, 0.3) is 0 Å². The van der Waals surface area contributed by atoms with Gasteiger partial charge in [-0.15, -0.1) is 0 Å². The molecule has 5 N–H and O–H groups in total. The Hall–Kier alpha value is -0.270. The van der Waals surface area contributed by atoms with Crippen molar-refractivity contribution in [1.82, 2.24) is 5.32 Å². The Morgan fingerprint density at radius 3 is 1.58 bits per heavy atom. The first-order valence-corrected chi connectivity index (χ1v) is 23.8. The molecule has 11 nitrogen and oxygen atoms in total. The lowest BCUT2D eigenvalue weighted by Crippen LogP contribution is -2.47. The van der Waals surface area contributed by atoms with Crippen molar-refractivity contribution in [3.8, 4) is 0 Å². The highest BCUT2D eigenvalue weighted by Crippen LogP contribution is 2.33. The second-order valence-corrected chi connectivity index (χ2v) is 17.0. The normalized spacial score (nSPS) is 13.7. The monoisotopic (exact) mass is 785 g/mol. The fourth-order valence-corrected chi connectivity index (χ4v) is 6.93. The molecule has 0 radical (unpaired) electrons. The van der Waals surface area contributed by atoms with Gasteiger partial charge in [0, 0.05) is 30.8 Å². The molecule has 312 valence electrons. The molecule has 0 aliphatic heterocycles. The highest BCUT2D eigenvalue weighted by molar-refractivity contribution is 7.99. The molecular formula is C39H81N2O9PS. The molecule has 0 fully saturated rings. The van der Waals surface area contributed by atoms with Crippen LogP contribution in [-0.2, 0) is 33.0 Å². The van der Waals surface area contributed by atoms with Crippen LogP contribution in [0.4, 0.5) is 0 Å². The zero-order valence-electron chi connectivity index (χ0n) is 33.5. The summed E-state index contributed by atoms with van der Waals surface area (Å²) in [5.74, 6) is 1.04. The zero-order valence-corrected chi connectivity index (χ0v) is 35.3. The summed E-state index contributed by atoms with van der Waals surface area (Å²) in [5.41, 5.74) is 6.23. The number of carbonyl (C=O) groups is 1. The molecule has 3 atom stereocenters. The lowest BCUT2D eigenvalue weighted by atomic mass is 10.1. The van der Waals surface area contributed by atoms with Crippen LogP contribution in [0, 0.1) is 0 Å². The summed E-state index contributed by atoms with van der Waals surface area (Å²) in [6, 6.07) is -0.826. The van der Waals surface area contributed by atoms with Crippen LogP contribution in [0.25, 0.3) is 0 Å². The SMILES string of the molecule is CCCCCCCCCCCCOC[C@H](CSCC(N)C(=O)NC(C)COCCOCCOCCP(=O)(O)O)OCCCCCCCCCCCC. The molecule has 0 saturated carbocycles. The van der Waals surface area contributed by atoms with Crippen molar-refractivity contribution in [2.75, 3.05) is 77.1 Å². The van der Waals surface area contributed by atoms with Gasteiger partial charge in [0.1, 0.15) is 0 Å². The smallest absolute Gasteiger partial charge is 0.327 e. The third-order valence-electron chi connectivity index (χ3n) is 8.76. The van der Waals surface area contributed by atoms with Crippen LogP contribution >= 0.6 is 19.4 Å². The van der Waals surface area contributed by atoms with Gasteiger partial charge in [0.05, 0.1) is 64.6 Å². The van der Waals surface area contributed by atoms with Crippen LogP contribution in [0.15, 0.2) is 0 Å². The van der Waals surface area contributed by atoms with Crippen molar-refractivity contribution in [2.24, 2.45) is 5.73 Å². The van der Waals surface area contributed by atoms with Crippen LogP contribution in [0.1, 0.15) is 149 Å². The molecule has 0 aromatic carbocycles. The minimum atomic E-state index is -4.03. The molecule has 0 aromatic rings. The average molecular weight is 785 g/mol. The highest BCUT2D eigenvalue weighted by atomic mass is 32.2. The Morgan fingerprint density at radius 1 is 0.615 bits per heavy atom. The Morgan fingerprint density at radius 2 is 1.06 bits per heavy atom. The molecule has 52 heavy (non-hydrogen) atoms. The van der Waals surface area contributed by atoms with E-state index in [0.29, 0.717) is 38.8 Å². The predicted molar refractivity (Wildman–Crippen MR) is 217 cm³/mol. The number of hydrogen-bond acceptors (Lipinski definition) is 9. The number of nitrogens with two attached hydrogens (primary N) is 1. The molecule has 0 bridgehead atoms. The van der Waals surface area contributed by atoms with E-state index in [1.807, 2.05) is 6.92 Å². The van der Waals surface area contributed by atoms with Gasteiger partial charge in [-0.3, -0.25) is 9.36 Å². The number of nitrogens with one attached hydrogen (secondary N) is 1. The standard InChI is InChI=1S/C39H81N2O9PS/c1-4-6-8-10-12-14-16-18-20-22-24-48-33-37(50-25-23-21-19-17-15-13-11-9-7-5-2)34-52-35-38(40)39(42)41-36(3)32-49-29-28-46-26-27-47-30-31-51(43,44)45/h36-38H,4-35,40H2,1-3H3,(H,41,42)(H2,43,44,45)/t36?,37-,38?/m1/s1. The highest BCUT2D eigenvalue weighted by Gasteiger charge is 2.18. The van der Waals surface area contributed by atoms with Crippen molar-refractivity contribution in [3.63, 3.8) is 0 Å². The molecule has 0 spiro atoms. The molecule has 0 aliphatic rings. The molecular weight excluding hydrogens is 703 g/mol. The Kier molecular flexibility index (Phi) is 38.8. The molecule has 0 aliphatic carbocycles. The summed E-state index contributed by atoms with van der Waals surface area (Å²) in [7, 11) is -4.03. The van der Waals surface area contributed by atoms with Crippen molar-refractivity contribution in [2.45, 2.75) is 167 Å². The number of carbonyl (C=O) groups excluding carboxylic acids is 1. The van der Waals surface area contributed by atoms with Crippen LogP contribution in [0.2, 0.25) is 0 Å². The van der Waals surface area contributed by atoms with E-state index in [1.54, 1.807) is 11.8 Å². The number of hydrogen-bond donors (Lipinski definition) is 4. The van der Waals surface area contributed by atoms with E-state index in [-0.39, 0.29) is 37.4 Å². The van der Waals surface area contributed by atoms with Gasteiger partial charge in [0.15, 0.2) is 0 Å². The van der Waals surface area contributed by atoms with Gasteiger partial charge in [-0.1, -0.05) is 129 Å². The number of rotatable bonds is 42. The van der Waals surface area contributed by atoms with E-state index in [1.165, 1.54) is 116 Å². The van der Waals surface area contributed by atoms with E-state index >= 15 is 0 Å². The quantitative estimate of drug-likeness (QED) is 0.0351. The first-order valence-electron chi connectivity index (χ1n) is 20.8. The topological polar surface area (TPSA) is 159 Å². The van der Waals surface area contributed by atoms with Crippen LogP contribution < -0.4 is 11.1 Å². The molecule has 0 heterocycles. The maximum atomic E-state index is 12.7. The Balaban J connectivity index is 4.24.